The van der Waals surface area contributed by atoms with Crippen LogP contribution < -0.4 is 4.74 Å². The lowest BCUT2D eigenvalue weighted by Gasteiger charge is -2.09. The van der Waals surface area contributed by atoms with Gasteiger partial charge in [-0.2, -0.15) is 5.10 Å². The second kappa shape index (κ2) is 5.92. The van der Waals surface area contributed by atoms with E-state index in [1.807, 2.05) is 0 Å². The smallest absolute Gasteiger partial charge is 0.339 e. The van der Waals surface area contributed by atoms with Crippen molar-refractivity contribution in [2.45, 2.75) is 6.61 Å². The van der Waals surface area contributed by atoms with E-state index < -0.39 is 10.9 Å². The maximum atomic E-state index is 11.1. The molecule has 110 valence electrons. The first-order valence-corrected chi connectivity index (χ1v) is 6.51. The molecule has 0 aliphatic heterocycles. The summed E-state index contributed by atoms with van der Waals surface area (Å²) in [6.45, 7) is -0.151. The summed E-state index contributed by atoms with van der Waals surface area (Å²) in [5.41, 5.74) is 0.100. The van der Waals surface area contributed by atoms with Crippen LogP contribution >= 0.6 is 15.9 Å². The summed E-state index contributed by atoms with van der Waals surface area (Å²) >= 11 is 3.18. The molecular formula is C12H10BrN3O5. The molecule has 1 aromatic heterocycles. The van der Waals surface area contributed by atoms with Gasteiger partial charge in [0.15, 0.2) is 0 Å². The lowest BCUT2D eigenvalue weighted by atomic mass is 10.2. The molecule has 1 aromatic carbocycles. The fraction of sp³-hybridized carbons (Fsp3) is 0.167. The van der Waals surface area contributed by atoms with Crippen LogP contribution in [0.3, 0.4) is 0 Å². The number of ether oxygens (including phenoxy) is 1. The minimum absolute atomic E-state index is 0.00722. The Labute approximate surface area is 127 Å². The number of halogens is 1. The quantitative estimate of drug-likeness (QED) is 0.651. The number of nitrogens with zero attached hydrogens (tertiary/aromatic N) is 3. The van der Waals surface area contributed by atoms with E-state index in [0.717, 1.165) is 0 Å². The topological polar surface area (TPSA) is 107 Å². The van der Waals surface area contributed by atoms with Crippen molar-refractivity contribution in [3.63, 3.8) is 0 Å². The van der Waals surface area contributed by atoms with Gasteiger partial charge in [-0.15, -0.1) is 0 Å². The average Bonchev–Trinajstić information content (AvgIpc) is 2.78. The summed E-state index contributed by atoms with van der Waals surface area (Å²) < 4.78 is 7.20. The zero-order chi connectivity index (χ0) is 15.6. The molecule has 0 atom stereocenters. The van der Waals surface area contributed by atoms with Gasteiger partial charge in [0.1, 0.15) is 12.2 Å². The van der Waals surface area contributed by atoms with Crippen LogP contribution in [-0.2, 0) is 13.7 Å². The predicted molar refractivity (Wildman–Crippen MR) is 75.3 cm³/mol. The molecule has 0 bridgehead atoms. The second-order valence-electron chi connectivity index (χ2n) is 4.07. The third-order valence-corrected chi connectivity index (χ3v) is 3.41. The number of carboxylic acids is 1. The number of rotatable bonds is 5. The number of carboxylic acid groups (broad SMARTS) is 1. The van der Waals surface area contributed by atoms with E-state index in [4.69, 9.17) is 9.84 Å². The zero-order valence-corrected chi connectivity index (χ0v) is 12.4. The summed E-state index contributed by atoms with van der Waals surface area (Å²) in [5, 5.41) is 23.9. The second-order valence-corrected chi connectivity index (χ2v) is 4.92. The molecule has 9 heteroatoms. The van der Waals surface area contributed by atoms with Crippen molar-refractivity contribution in [3.05, 3.63) is 50.2 Å². The number of hydrogen-bond donors (Lipinski definition) is 1. The van der Waals surface area contributed by atoms with Crippen molar-refractivity contribution < 1.29 is 19.6 Å². The average molecular weight is 356 g/mol. The number of para-hydroxylation sites is 1. The molecule has 21 heavy (non-hydrogen) atoms. The number of carbonyl (C=O) groups is 1. The van der Waals surface area contributed by atoms with Gasteiger partial charge in [-0.1, -0.05) is 6.07 Å². The largest absolute Gasteiger partial charge is 0.480 e. The fourth-order valence-electron chi connectivity index (χ4n) is 1.74. The molecule has 0 aliphatic carbocycles. The van der Waals surface area contributed by atoms with Crippen LogP contribution in [0.25, 0.3) is 0 Å². The third-order valence-electron chi connectivity index (χ3n) is 2.79. The van der Waals surface area contributed by atoms with Crippen molar-refractivity contribution in [1.29, 1.82) is 0 Å². The third kappa shape index (κ3) is 3.02. The molecule has 0 spiro atoms. The number of nitro groups is 1. The Bertz CT molecular complexity index is 713. The van der Waals surface area contributed by atoms with Crippen LogP contribution in [0.4, 0.5) is 5.69 Å². The summed E-state index contributed by atoms with van der Waals surface area (Å²) in [6.07, 6.45) is 1.20. The van der Waals surface area contributed by atoms with Gasteiger partial charge in [-0.3, -0.25) is 14.8 Å². The Hall–Kier alpha value is -2.42. The number of aryl methyl sites for hydroxylation is 1. The monoisotopic (exact) mass is 355 g/mol. The lowest BCUT2D eigenvalue weighted by Crippen LogP contribution is -2.09. The van der Waals surface area contributed by atoms with E-state index in [1.54, 1.807) is 13.1 Å². The van der Waals surface area contributed by atoms with Crippen molar-refractivity contribution in [3.8, 4) is 5.75 Å². The van der Waals surface area contributed by atoms with Gasteiger partial charge in [0.25, 0.3) is 0 Å². The SMILES string of the molecule is Cn1ncc(C(=O)O)c1COc1c(Br)cccc1[N+](=O)[O-]. The highest BCUT2D eigenvalue weighted by molar-refractivity contribution is 9.10. The molecule has 0 saturated carbocycles. The van der Waals surface area contributed by atoms with E-state index in [9.17, 15) is 14.9 Å². The molecule has 2 aromatic rings. The molecule has 0 aliphatic rings. The highest BCUT2D eigenvalue weighted by atomic mass is 79.9. The summed E-state index contributed by atoms with van der Waals surface area (Å²) in [5.74, 6) is -1.09. The molecule has 1 heterocycles. The summed E-state index contributed by atoms with van der Waals surface area (Å²) in [4.78, 5) is 21.5. The zero-order valence-electron chi connectivity index (χ0n) is 10.8. The fourth-order valence-corrected chi connectivity index (χ4v) is 2.21. The highest BCUT2D eigenvalue weighted by Crippen LogP contribution is 2.35. The molecule has 0 fully saturated rings. The molecule has 1 N–H and O–H groups in total. The molecular weight excluding hydrogens is 346 g/mol. The summed E-state index contributed by atoms with van der Waals surface area (Å²) in [7, 11) is 1.57. The molecule has 0 amide bonds. The van der Waals surface area contributed by atoms with Crippen LogP contribution in [0.2, 0.25) is 0 Å². The van der Waals surface area contributed by atoms with Gasteiger partial charge in [-0.25, -0.2) is 4.79 Å². The van der Waals surface area contributed by atoms with Crippen LogP contribution in [0.1, 0.15) is 16.1 Å². The molecule has 0 unspecified atom stereocenters. The maximum absolute atomic E-state index is 11.1. The van der Waals surface area contributed by atoms with E-state index in [-0.39, 0.29) is 23.6 Å². The number of benzene rings is 1. The van der Waals surface area contributed by atoms with Crippen molar-refractivity contribution in [2.75, 3.05) is 0 Å². The van der Waals surface area contributed by atoms with Gasteiger partial charge >= 0.3 is 11.7 Å². The van der Waals surface area contributed by atoms with E-state index in [2.05, 4.69) is 21.0 Å². The molecule has 0 saturated heterocycles. The first-order chi connectivity index (χ1) is 9.91. The Kier molecular flexibility index (Phi) is 4.22. The van der Waals surface area contributed by atoms with E-state index in [0.29, 0.717) is 10.2 Å². The van der Waals surface area contributed by atoms with Crippen molar-refractivity contribution in [2.24, 2.45) is 7.05 Å². The number of aromatic carboxylic acids is 1. The Morgan fingerprint density at radius 1 is 1.57 bits per heavy atom. The van der Waals surface area contributed by atoms with Crippen LogP contribution in [0.5, 0.6) is 5.75 Å². The van der Waals surface area contributed by atoms with Crippen LogP contribution in [0, 0.1) is 10.1 Å². The van der Waals surface area contributed by atoms with E-state index in [1.165, 1.54) is 23.0 Å². The van der Waals surface area contributed by atoms with Gasteiger partial charge in [-0.05, 0) is 22.0 Å². The van der Waals surface area contributed by atoms with E-state index >= 15 is 0 Å². The predicted octanol–water partition coefficient (Wildman–Crippen LogP) is 2.37. The molecule has 2 rings (SSSR count). The Morgan fingerprint density at radius 3 is 2.90 bits per heavy atom. The van der Waals surface area contributed by atoms with Crippen molar-refractivity contribution >= 4 is 27.6 Å². The first-order valence-electron chi connectivity index (χ1n) is 5.71. The Balaban J connectivity index is 2.31. The molecule has 8 nitrogen and oxygen atoms in total. The number of hydrogen-bond acceptors (Lipinski definition) is 5. The van der Waals surface area contributed by atoms with Gasteiger partial charge in [0.05, 0.1) is 21.3 Å². The molecule has 0 radical (unpaired) electrons. The highest BCUT2D eigenvalue weighted by Gasteiger charge is 2.21. The van der Waals surface area contributed by atoms with Crippen LogP contribution in [-0.4, -0.2) is 25.8 Å². The normalized spacial score (nSPS) is 10.4. The van der Waals surface area contributed by atoms with Gasteiger partial charge < -0.3 is 9.84 Å². The standard InChI is InChI=1S/C12H10BrN3O5/c1-15-10(7(5-14-15)12(17)18)6-21-11-8(13)3-2-4-9(11)16(19)20/h2-5H,6H2,1H3,(H,17,18). The number of aromatic nitrogens is 2. The van der Waals surface area contributed by atoms with Gasteiger partial charge in [0.2, 0.25) is 5.75 Å². The van der Waals surface area contributed by atoms with Crippen molar-refractivity contribution in [1.82, 2.24) is 9.78 Å². The first kappa shape index (κ1) is 15.0. The van der Waals surface area contributed by atoms with Gasteiger partial charge in [0, 0.05) is 13.1 Å². The summed E-state index contributed by atoms with van der Waals surface area (Å²) in [6, 6.07) is 4.42. The lowest BCUT2D eigenvalue weighted by molar-refractivity contribution is -0.386. The minimum atomic E-state index is -1.14. The van der Waals surface area contributed by atoms with Crippen LogP contribution in [0.15, 0.2) is 28.9 Å². The maximum Gasteiger partial charge on any atom is 0.339 e. The number of nitro benzene ring substituents is 1. The minimum Gasteiger partial charge on any atom is -0.480 e. The Morgan fingerprint density at radius 2 is 2.29 bits per heavy atom.